The largest absolute Gasteiger partial charge is 0.307 e. The first-order chi connectivity index (χ1) is 8.56. The van der Waals surface area contributed by atoms with Gasteiger partial charge in [0, 0.05) is 12.1 Å². The fraction of sp³-hybridized carbons (Fsp3) is 0.647. The Hall–Kier alpha value is -0.820. The molecule has 2 atom stereocenters. The predicted octanol–water partition coefficient (Wildman–Crippen LogP) is 4.31. The maximum atomic E-state index is 3.83. The van der Waals surface area contributed by atoms with Gasteiger partial charge in [-0.2, -0.15) is 0 Å². The molecule has 0 bridgehead atoms. The molecule has 0 aromatic heterocycles. The van der Waals surface area contributed by atoms with E-state index in [1.165, 1.54) is 30.4 Å². The Morgan fingerprint density at radius 3 is 2.50 bits per heavy atom. The third kappa shape index (κ3) is 2.47. The van der Waals surface area contributed by atoms with Gasteiger partial charge in [0.2, 0.25) is 0 Å². The molecule has 2 rings (SSSR count). The number of nitrogens with one attached hydrogen (secondary N) is 1. The summed E-state index contributed by atoms with van der Waals surface area (Å²) in [7, 11) is 0. The van der Waals surface area contributed by atoms with Crippen LogP contribution in [-0.2, 0) is 6.42 Å². The molecule has 1 N–H and O–H groups in total. The molecular weight excluding hydrogens is 218 g/mol. The van der Waals surface area contributed by atoms with Crippen LogP contribution in [0, 0.1) is 19.8 Å². The molecule has 0 saturated carbocycles. The van der Waals surface area contributed by atoms with Crippen LogP contribution in [0.3, 0.4) is 0 Å². The van der Waals surface area contributed by atoms with Gasteiger partial charge in [-0.25, -0.2) is 0 Å². The topological polar surface area (TPSA) is 12.0 Å². The van der Waals surface area contributed by atoms with Crippen molar-refractivity contribution in [3.63, 3.8) is 0 Å². The average molecular weight is 245 g/mol. The Morgan fingerprint density at radius 2 is 1.89 bits per heavy atom. The van der Waals surface area contributed by atoms with Gasteiger partial charge in [0.05, 0.1) is 0 Å². The van der Waals surface area contributed by atoms with Crippen molar-refractivity contribution < 1.29 is 0 Å². The zero-order valence-electron chi connectivity index (χ0n) is 12.5. The number of fused-ring (bicyclic) bond motifs is 1. The van der Waals surface area contributed by atoms with Crippen molar-refractivity contribution in [1.82, 2.24) is 5.32 Å². The van der Waals surface area contributed by atoms with Gasteiger partial charge in [0.15, 0.2) is 0 Å². The van der Waals surface area contributed by atoms with Crippen LogP contribution in [0.4, 0.5) is 0 Å². The normalized spacial score (nSPS) is 23.2. The molecule has 1 aromatic carbocycles. The summed E-state index contributed by atoms with van der Waals surface area (Å²) >= 11 is 0. The molecule has 18 heavy (non-hydrogen) atoms. The van der Waals surface area contributed by atoms with Crippen LogP contribution in [0.25, 0.3) is 0 Å². The lowest BCUT2D eigenvalue weighted by Crippen LogP contribution is -2.41. The number of aryl methyl sites for hydroxylation is 2. The van der Waals surface area contributed by atoms with E-state index >= 15 is 0 Å². The van der Waals surface area contributed by atoms with Crippen LogP contribution in [-0.4, -0.2) is 6.04 Å². The molecule has 1 aliphatic rings. The fourth-order valence-corrected chi connectivity index (χ4v) is 3.50. The molecule has 1 heteroatoms. The molecule has 0 aliphatic carbocycles. The first kappa shape index (κ1) is 13.6. The molecule has 1 aromatic rings. The van der Waals surface area contributed by atoms with E-state index in [-0.39, 0.29) is 0 Å². The predicted molar refractivity (Wildman–Crippen MR) is 79.0 cm³/mol. The average Bonchev–Trinajstić information content (AvgIpc) is 2.32. The second kappa shape index (κ2) is 5.44. The molecule has 0 amide bonds. The fourth-order valence-electron chi connectivity index (χ4n) is 3.50. The second-order valence-corrected chi connectivity index (χ2v) is 5.98. The highest BCUT2D eigenvalue weighted by Gasteiger charge is 2.29. The third-order valence-electron chi connectivity index (χ3n) is 4.48. The molecule has 1 heterocycles. The Labute approximate surface area is 112 Å². The van der Waals surface area contributed by atoms with Gasteiger partial charge in [0.1, 0.15) is 0 Å². The lowest BCUT2D eigenvalue weighted by molar-refractivity contribution is 0.296. The van der Waals surface area contributed by atoms with Crippen molar-refractivity contribution in [3.05, 3.63) is 34.4 Å². The first-order valence-electron chi connectivity index (χ1n) is 7.42. The van der Waals surface area contributed by atoms with Crippen LogP contribution in [0.1, 0.15) is 61.9 Å². The number of hydrogen-bond acceptors (Lipinski definition) is 1. The highest BCUT2D eigenvalue weighted by Crippen LogP contribution is 2.35. The SMILES string of the molecule is CCC(CC)C1NC(C)Cc2c(C)cc(C)cc21. The first-order valence-corrected chi connectivity index (χ1v) is 7.42. The summed E-state index contributed by atoms with van der Waals surface area (Å²) < 4.78 is 0. The Kier molecular flexibility index (Phi) is 4.11. The molecule has 0 saturated heterocycles. The van der Waals surface area contributed by atoms with Crippen molar-refractivity contribution in [2.45, 2.75) is 66.0 Å². The summed E-state index contributed by atoms with van der Waals surface area (Å²) in [5.41, 5.74) is 6.05. The smallest absolute Gasteiger partial charge is 0.0353 e. The number of benzene rings is 1. The summed E-state index contributed by atoms with van der Waals surface area (Å²) in [5, 5.41) is 3.83. The van der Waals surface area contributed by atoms with E-state index in [1.807, 2.05) is 0 Å². The van der Waals surface area contributed by atoms with E-state index in [2.05, 4.69) is 52.1 Å². The minimum atomic E-state index is 0.553. The highest BCUT2D eigenvalue weighted by atomic mass is 15.0. The van der Waals surface area contributed by atoms with Gasteiger partial charge in [-0.05, 0) is 49.8 Å². The van der Waals surface area contributed by atoms with Gasteiger partial charge >= 0.3 is 0 Å². The molecule has 1 nitrogen and oxygen atoms in total. The van der Waals surface area contributed by atoms with Crippen molar-refractivity contribution in [3.8, 4) is 0 Å². The van der Waals surface area contributed by atoms with Gasteiger partial charge in [-0.3, -0.25) is 0 Å². The third-order valence-corrected chi connectivity index (χ3v) is 4.48. The zero-order valence-corrected chi connectivity index (χ0v) is 12.5. The van der Waals surface area contributed by atoms with E-state index in [4.69, 9.17) is 0 Å². The molecule has 1 aliphatic heterocycles. The molecule has 100 valence electrons. The van der Waals surface area contributed by atoms with Crippen LogP contribution < -0.4 is 5.32 Å². The summed E-state index contributed by atoms with van der Waals surface area (Å²) in [6, 6.07) is 5.90. The Morgan fingerprint density at radius 1 is 1.22 bits per heavy atom. The minimum Gasteiger partial charge on any atom is -0.307 e. The van der Waals surface area contributed by atoms with Crippen molar-refractivity contribution >= 4 is 0 Å². The summed E-state index contributed by atoms with van der Waals surface area (Å²) in [4.78, 5) is 0. The minimum absolute atomic E-state index is 0.553. The van der Waals surface area contributed by atoms with Crippen LogP contribution in [0.2, 0.25) is 0 Å². The van der Waals surface area contributed by atoms with E-state index in [9.17, 15) is 0 Å². The molecule has 2 unspecified atom stereocenters. The van der Waals surface area contributed by atoms with E-state index < -0.39 is 0 Å². The monoisotopic (exact) mass is 245 g/mol. The van der Waals surface area contributed by atoms with Crippen molar-refractivity contribution in [2.75, 3.05) is 0 Å². The number of rotatable bonds is 3. The maximum absolute atomic E-state index is 3.83. The van der Waals surface area contributed by atoms with Crippen molar-refractivity contribution in [1.29, 1.82) is 0 Å². The molecular formula is C17H27N. The Bertz CT molecular complexity index is 418. The summed E-state index contributed by atoms with van der Waals surface area (Å²) in [5.74, 6) is 0.757. The molecule has 0 spiro atoms. The van der Waals surface area contributed by atoms with Crippen LogP contribution in [0.15, 0.2) is 12.1 Å². The summed E-state index contributed by atoms with van der Waals surface area (Å²) in [6.45, 7) is 11.4. The van der Waals surface area contributed by atoms with Crippen molar-refractivity contribution in [2.24, 2.45) is 5.92 Å². The second-order valence-electron chi connectivity index (χ2n) is 5.98. The Balaban J connectivity index is 2.47. The van der Waals surface area contributed by atoms with Gasteiger partial charge in [0.25, 0.3) is 0 Å². The van der Waals surface area contributed by atoms with Crippen LogP contribution >= 0.6 is 0 Å². The van der Waals surface area contributed by atoms with E-state index in [0.29, 0.717) is 12.1 Å². The maximum Gasteiger partial charge on any atom is 0.0353 e. The zero-order chi connectivity index (χ0) is 13.3. The number of hydrogen-bond donors (Lipinski definition) is 1. The lowest BCUT2D eigenvalue weighted by atomic mass is 9.79. The summed E-state index contributed by atoms with van der Waals surface area (Å²) in [6.07, 6.45) is 3.69. The van der Waals surface area contributed by atoms with Gasteiger partial charge < -0.3 is 5.32 Å². The lowest BCUT2D eigenvalue weighted by Gasteiger charge is -2.37. The van der Waals surface area contributed by atoms with Gasteiger partial charge in [-0.1, -0.05) is 44.4 Å². The van der Waals surface area contributed by atoms with Gasteiger partial charge in [-0.15, -0.1) is 0 Å². The van der Waals surface area contributed by atoms with E-state index in [0.717, 1.165) is 5.92 Å². The molecule has 0 radical (unpaired) electrons. The van der Waals surface area contributed by atoms with Crippen LogP contribution in [0.5, 0.6) is 0 Å². The highest BCUT2D eigenvalue weighted by molar-refractivity contribution is 5.42. The quantitative estimate of drug-likeness (QED) is 0.836. The standard InChI is InChI=1S/C17H27N/c1-6-14(7-2)17-16-9-11(3)8-12(4)15(16)10-13(5)18-17/h8-9,13-14,17-18H,6-7,10H2,1-5H3. The molecule has 0 fully saturated rings. The van der Waals surface area contributed by atoms with E-state index in [1.54, 1.807) is 11.1 Å².